The van der Waals surface area contributed by atoms with Gasteiger partial charge in [0.2, 0.25) is 0 Å². The Hall–Kier alpha value is -3.66. The molecule has 3 rings (SSSR count). The second-order valence-electron chi connectivity index (χ2n) is 9.24. The van der Waals surface area contributed by atoms with Crippen molar-refractivity contribution in [3.8, 4) is 0 Å². The second kappa shape index (κ2) is 9.91. The largest absolute Gasteiger partial charge is 0.464 e. The maximum absolute atomic E-state index is 14.0. The first-order valence-electron chi connectivity index (χ1n) is 11.2. The molecule has 35 heavy (non-hydrogen) atoms. The van der Waals surface area contributed by atoms with Crippen LogP contribution in [0.25, 0.3) is 0 Å². The number of hydrogen-bond acceptors (Lipinski definition) is 7. The number of hydrogen-bond donors (Lipinski definition) is 3. The molecule has 3 aromatic rings. The van der Waals surface area contributed by atoms with Gasteiger partial charge in [0.1, 0.15) is 16.4 Å². The summed E-state index contributed by atoms with van der Waals surface area (Å²) in [5.74, 6) is -0.972. The number of nitrogens with two attached hydrogens (primary N) is 2. The van der Waals surface area contributed by atoms with Gasteiger partial charge in [0.25, 0.3) is 17.7 Å². The van der Waals surface area contributed by atoms with Crippen molar-refractivity contribution >= 4 is 40.6 Å². The van der Waals surface area contributed by atoms with Crippen molar-refractivity contribution in [3.63, 3.8) is 0 Å². The number of anilines is 2. The predicted octanol–water partition coefficient (Wildman–Crippen LogP) is 4.04. The number of nitrogens with one attached hydrogen (secondary N) is 1. The van der Waals surface area contributed by atoms with Crippen LogP contribution in [-0.2, 0) is 4.79 Å². The van der Waals surface area contributed by atoms with Gasteiger partial charge in [0.05, 0.1) is 5.69 Å². The van der Waals surface area contributed by atoms with Crippen LogP contribution in [-0.4, -0.2) is 27.6 Å². The Labute approximate surface area is 208 Å². The molecule has 0 spiro atoms. The zero-order chi connectivity index (χ0) is 26.1. The van der Waals surface area contributed by atoms with Crippen molar-refractivity contribution in [2.45, 2.75) is 59.5 Å². The minimum Gasteiger partial charge on any atom is -0.464 e. The lowest BCUT2D eigenvalue weighted by Crippen LogP contribution is -2.50. The molecule has 186 valence electrons. The third-order valence-corrected chi connectivity index (χ3v) is 6.59. The molecule has 0 bridgehead atoms. The van der Waals surface area contributed by atoms with Crippen LogP contribution >= 0.6 is 11.5 Å². The van der Waals surface area contributed by atoms with Gasteiger partial charge in [-0.15, -0.1) is 0 Å². The van der Waals surface area contributed by atoms with Crippen molar-refractivity contribution in [2.75, 3.05) is 10.6 Å². The van der Waals surface area contributed by atoms with Crippen molar-refractivity contribution in [1.29, 1.82) is 0 Å². The van der Waals surface area contributed by atoms with E-state index in [1.165, 1.54) is 4.90 Å². The number of furan rings is 1. The first-order chi connectivity index (χ1) is 16.3. The maximum atomic E-state index is 14.0. The number of carbonyl (C=O) groups is 3. The van der Waals surface area contributed by atoms with Gasteiger partial charge in [-0.05, 0) is 88.0 Å². The molecule has 1 atom stereocenters. The number of nitrogens with zero attached hydrogens (tertiary/aromatic N) is 2. The monoisotopic (exact) mass is 497 g/mol. The Morgan fingerprint density at radius 2 is 1.77 bits per heavy atom. The summed E-state index contributed by atoms with van der Waals surface area (Å²) < 4.78 is 9.84. The summed E-state index contributed by atoms with van der Waals surface area (Å²) in [4.78, 5) is 40.9. The van der Waals surface area contributed by atoms with E-state index in [2.05, 4.69) is 9.69 Å². The number of amides is 3. The van der Waals surface area contributed by atoms with Crippen LogP contribution in [0.3, 0.4) is 0 Å². The van der Waals surface area contributed by atoms with Gasteiger partial charge < -0.3 is 21.2 Å². The van der Waals surface area contributed by atoms with Gasteiger partial charge in [-0.3, -0.25) is 19.3 Å². The number of primary amides is 1. The van der Waals surface area contributed by atoms with Crippen molar-refractivity contribution in [2.24, 2.45) is 5.73 Å². The molecule has 0 fully saturated rings. The SMILES string of the molecule is CCC(C)(C)NC(=O)C(c1ccc(C)o1)N(C(=O)c1snc(C(N)=O)c1N)c1cc(C)cc(C)c1. The number of nitrogen functional groups attached to an aromatic ring is 1. The fraction of sp³-hybridized carbons (Fsp3) is 0.360. The Balaban J connectivity index is 2.25. The Morgan fingerprint density at radius 1 is 1.14 bits per heavy atom. The molecule has 2 heterocycles. The number of carbonyl (C=O) groups excluding carboxylic acids is 3. The highest BCUT2D eigenvalue weighted by atomic mass is 32.1. The predicted molar refractivity (Wildman–Crippen MR) is 136 cm³/mol. The molecule has 0 saturated heterocycles. The quantitative estimate of drug-likeness (QED) is 0.428. The smallest absolute Gasteiger partial charge is 0.273 e. The van der Waals surface area contributed by atoms with Crippen LogP contribution in [0, 0.1) is 20.8 Å². The van der Waals surface area contributed by atoms with E-state index < -0.39 is 29.3 Å². The molecule has 1 aromatic carbocycles. The molecule has 2 aromatic heterocycles. The molecule has 0 saturated carbocycles. The van der Waals surface area contributed by atoms with Crippen molar-refractivity contribution < 1.29 is 18.8 Å². The normalized spacial score (nSPS) is 12.3. The van der Waals surface area contributed by atoms with Gasteiger partial charge >= 0.3 is 0 Å². The van der Waals surface area contributed by atoms with Crippen molar-refractivity contribution in [3.05, 3.63) is 63.6 Å². The molecule has 0 aliphatic carbocycles. The van der Waals surface area contributed by atoms with Crippen LogP contribution in [0.15, 0.2) is 34.7 Å². The summed E-state index contributed by atoms with van der Waals surface area (Å²) in [5.41, 5.74) is 12.9. The van der Waals surface area contributed by atoms with E-state index in [1.54, 1.807) is 31.2 Å². The zero-order valence-electron chi connectivity index (χ0n) is 20.8. The van der Waals surface area contributed by atoms with Crippen LogP contribution in [0.4, 0.5) is 11.4 Å². The highest BCUT2D eigenvalue weighted by molar-refractivity contribution is 7.09. The van der Waals surface area contributed by atoms with E-state index in [4.69, 9.17) is 15.9 Å². The van der Waals surface area contributed by atoms with Gasteiger partial charge in [0.15, 0.2) is 11.7 Å². The molecule has 10 heteroatoms. The van der Waals surface area contributed by atoms with Gasteiger partial charge in [-0.25, -0.2) is 0 Å². The van der Waals surface area contributed by atoms with Gasteiger partial charge in [-0.1, -0.05) is 13.0 Å². The highest BCUT2D eigenvalue weighted by Gasteiger charge is 2.39. The number of benzene rings is 1. The lowest BCUT2D eigenvalue weighted by Gasteiger charge is -2.33. The van der Waals surface area contributed by atoms with Gasteiger partial charge in [-0.2, -0.15) is 4.37 Å². The summed E-state index contributed by atoms with van der Waals surface area (Å²) in [5, 5.41) is 3.03. The Bertz CT molecular complexity index is 1260. The van der Waals surface area contributed by atoms with E-state index in [-0.39, 0.29) is 22.0 Å². The minimum atomic E-state index is -1.15. The van der Waals surface area contributed by atoms with E-state index >= 15 is 0 Å². The molecule has 0 aliphatic rings. The fourth-order valence-corrected chi connectivity index (χ4v) is 4.42. The zero-order valence-corrected chi connectivity index (χ0v) is 21.6. The number of aromatic nitrogens is 1. The molecule has 9 nitrogen and oxygen atoms in total. The average molecular weight is 498 g/mol. The molecule has 5 N–H and O–H groups in total. The lowest BCUT2D eigenvalue weighted by molar-refractivity contribution is -0.124. The first-order valence-corrected chi connectivity index (χ1v) is 12.0. The summed E-state index contributed by atoms with van der Waals surface area (Å²) in [6.07, 6.45) is 0.671. The summed E-state index contributed by atoms with van der Waals surface area (Å²) in [7, 11) is 0. The molecule has 3 amide bonds. The van der Waals surface area contributed by atoms with E-state index in [9.17, 15) is 14.4 Å². The average Bonchev–Trinajstić information content (AvgIpc) is 3.35. The van der Waals surface area contributed by atoms with Crippen molar-refractivity contribution in [1.82, 2.24) is 9.69 Å². The van der Waals surface area contributed by atoms with Crippen LogP contribution < -0.4 is 21.7 Å². The lowest BCUT2D eigenvalue weighted by atomic mass is 10.00. The number of aryl methyl sites for hydroxylation is 3. The van der Waals surface area contributed by atoms with Gasteiger partial charge in [0, 0.05) is 11.2 Å². The second-order valence-corrected chi connectivity index (χ2v) is 10.0. The number of rotatable bonds is 8. The molecular weight excluding hydrogens is 466 g/mol. The van der Waals surface area contributed by atoms with E-state index in [0.717, 1.165) is 22.7 Å². The third-order valence-electron chi connectivity index (χ3n) is 5.74. The molecule has 0 radical (unpaired) electrons. The molecular formula is C25H31N5O4S. The van der Waals surface area contributed by atoms with Crippen LogP contribution in [0.1, 0.15) is 76.0 Å². The molecule has 1 unspecified atom stereocenters. The highest BCUT2D eigenvalue weighted by Crippen LogP contribution is 2.35. The van der Waals surface area contributed by atoms with Crippen LogP contribution in [0.5, 0.6) is 0 Å². The summed E-state index contributed by atoms with van der Waals surface area (Å²) >= 11 is 0.762. The third kappa shape index (κ3) is 5.54. The maximum Gasteiger partial charge on any atom is 0.273 e. The molecule has 0 aliphatic heterocycles. The van der Waals surface area contributed by atoms with Crippen LogP contribution in [0.2, 0.25) is 0 Å². The van der Waals surface area contributed by atoms with E-state index in [0.29, 0.717) is 17.9 Å². The fourth-order valence-electron chi connectivity index (χ4n) is 3.68. The summed E-state index contributed by atoms with van der Waals surface area (Å²) in [6, 6.07) is 7.83. The minimum absolute atomic E-state index is 0.00814. The standard InChI is InChI=1S/C25H31N5O4S/c1-7-25(5,6)28-23(32)20(17-9-8-15(4)34-17)30(16-11-13(2)10-14(3)12-16)24(33)21-18(26)19(22(27)31)29-35-21/h8-12,20H,7,26H2,1-6H3,(H2,27,31)(H,28,32). The summed E-state index contributed by atoms with van der Waals surface area (Å²) in [6.45, 7) is 11.3. The Morgan fingerprint density at radius 3 is 2.26 bits per heavy atom. The van der Waals surface area contributed by atoms with E-state index in [1.807, 2.05) is 40.7 Å². The Kier molecular flexibility index (Phi) is 7.35. The topological polar surface area (TPSA) is 145 Å². The first kappa shape index (κ1) is 26.0.